The number of amides is 1. The van der Waals surface area contributed by atoms with E-state index in [0.717, 1.165) is 12.8 Å². The molecule has 0 spiro atoms. The number of carbonyl (C=O) groups excluding carboxylic acids is 1. The second-order valence-electron chi connectivity index (χ2n) is 5.64. The van der Waals surface area contributed by atoms with Crippen molar-refractivity contribution >= 4 is 21.6 Å². The van der Waals surface area contributed by atoms with E-state index in [1.54, 1.807) is 13.2 Å². The topological polar surface area (TPSA) is 93.7 Å². The summed E-state index contributed by atoms with van der Waals surface area (Å²) < 4.78 is 37.6. The lowest BCUT2D eigenvalue weighted by molar-refractivity contribution is -0.123. The first-order valence-electron chi connectivity index (χ1n) is 8.08. The summed E-state index contributed by atoms with van der Waals surface area (Å²) in [5, 5.41) is 2.73. The first-order valence-corrected chi connectivity index (χ1v) is 9.56. The Morgan fingerprint density at radius 1 is 1.33 bits per heavy atom. The zero-order chi connectivity index (χ0) is 17.6. The maximum Gasteiger partial charge on any atom is 0.265 e. The highest BCUT2D eigenvalue weighted by Crippen LogP contribution is 2.32. The van der Waals surface area contributed by atoms with E-state index in [-0.39, 0.29) is 17.3 Å². The summed E-state index contributed by atoms with van der Waals surface area (Å²) in [6.45, 7) is 2.82. The Hall–Kier alpha value is -1.64. The van der Waals surface area contributed by atoms with Gasteiger partial charge in [-0.25, -0.2) is 13.1 Å². The molecule has 0 saturated carbocycles. The normalized spacial score (nSPS) is 17.1. The number of nitrogens with one attached hydrogen (secondary N) is 2. The number of hydrogen-bond donors (Lipinski definition) is 2. The lowest BCUT2D eigenvalue weighted by Gasteiger charge is -2.26. The number of ether oxygens (including phenoxy) is 2. The molecule has 0 bridgehead atoms. The number of anilines is 1. The first kappa shape index (κ1) is 18.7. The summed E-state index contributed by atoms with van der Waals surface area (Å²) in [5.41, 5.74) is 0.382. The van der Waals surface area contributed by atoms with Gasteiger partial charge in [0.25, 0.3) is 5.91 Å². The lowest BCUT2D eigenvalue weighted by Crippen LogP contribution is -2.37. The number of benzene rings is 1. The Labute approximate surface area is 142 Å². The van der Waals surface area contributed by atoms with E-state index in [0.29, 0.717) is 30.9 Å². The molecule has 1 aromatic carbocycles. The molecule has 134 valence electrons. The van der Waals surface area contributed by atoms with Gasteiger partial charge >= 0.3 is 0 Å². The van der Waals surface area contributed by atoms with E-state index >= 15 is 0 Å². The summed E-state index contributed by atoms with van der Waals surface area (Å²) in [7, 11) is -2.07. The molecule has 0 aliphatic carbocycles. The highest BCUT2D eigenvalue weighted by molar-refractivity contribution is 7.89. The molecule has 1 aromatic rings. The van der Waals surface area contributed by atoms with Crippen molar-refractivity contribution in [3.05, 3.63) is 18.2 Å². The van der Waals surface area contributed by atoms with Crippen molar-refractivity contribution in [2.75, 3.05) is 25.6 Å². The van der Waals surface area contributed by atoms with Gasteiger partial charge in [-0.3, -0.25) is 4.79 Å². The van der Waals surface area contributed by atoms with Crippen LogP contribution >= 0.6 is 0 Å². The van der Waals surface area contributed by atoms with Crippen LogP contribution in [0.2, 0.25) is 0 Å². The van der Waals surface area contributed by atoms with Crippen molar-refractivity contribution in [2.45, 2.75) is 43.6 Å². The van der Waals surface area contributed by atoms with Crippen LogP contribution in [0.3, 0.4) is 0 Å². The van der Waals surface area contributed by atoms with Gasteiger partial charge in [0, 0.05) is 20.3 Å². The Balaban J connectivity index is 2.09. The van der Waals surface area contributed by atoms with Gasteiger partial charge < -0.3 is 14.8 Å². The molecule has 0 aromatic heterocycles. The standard InChI is InChI=1S/C16H24N2O5S/c1-3-4-6-15-16(19)18-13-11-12(7-8-14(13)23-15)24(20,21)17-9-5-10-22-2/h7-8,11,15,17H,3-6,9-10H2,1-2H3,(H,18,19). The van der Waals surface area contributed by atoms with Crippen LogP contribution in [0.4, 0.5) is 5.69 Å². The number of sulfonamides is 1. The molecule has 7 nitrogen and oxygen atoms in total. The third kappa shape index (κ3) is 4.68. The zero-order valence-electron chi connectivity index (χ0n) is 14.0. The molecule has 2 rings (SSSR count). The average molecular weight is 356 g/mol. The summed E-state index contributed by atoms with van der Waals surface area (Å²) in [6, 6.07) is 4.48. The largest absolute Gasteiger partial charge is 0.478 e. The molecular formula is C16H24N2O5S. The predicted octanol–water partition coefficient (Wildman–Crippen LogP) is 1.89. The smallest absolute Gasteiger partial charge is 0.265 e. The molecule has 0 fully saturated rings. The van der Waals surface area contributed by atoms with Gasteiger partial charge in [0.1, 0.15) is 5.75 Å². The molecule has 1 aliphatic heterocycles. The van der Waals surface area contributed by atoms with E-state index in [2.05, 4.69) is 10.0 Å². The fourth-order valence-electron chi connectivity index (χ4n) is 2.38. The van der Waals surface area contributed by atoms with Crippen LogP contribution in [0.25, 0.3) is 0 Å². The van der Waals surface area contributed by atoms with E-state index in [1.165, 1.54) is 12.1 Å². The molecule has 1 aliphatic rings. The van der Waals surface area contributed by atoms with Crippen molar-refractivity contribution in [3.8, 4) is 5.75 Å². The lowest BCUT2D eigenvalue weighted by atomic mass is 10.1. The second kappa shape index (κ2) is 8.46. The molecule has 1 amide bonds. The van der Waals surface area contributed by atoms with Crippen molar-refractivity contribution in [3.63, 3.8) is 0 Å². The molecule has 0 radical (unpaired) electrons. The van der Waals surface area contributed by atoms with Gasteiger partial charge in [-0.15, -0.1) is 0 Å². The average Bonchev–Trinajstić information content (AvgIpc) is 2.56. The van der Waals surface area contributed by atoms with Crippen LogP contribution < -0.4 is 14.8 Å². The minimum atomic E-state index is -3.63. The van der Waals surface area contributed by atoms with E-state index < -0.39 is 16.1 Å². The summed E-state index contributed by atoms with van der Waals surface area (Å²) >= 11 is 0. The fourth-order valence-corrected chi connectivity index (χ4v) is 3.48. The quantitative estimate of drug-likeness (QED) is 0.659. The van der Waals surface area contributed by atoms with Gasteiger partial charge in [-0.05, 0) is 37.5 Å². The minimum absolute atomic E-state index is 0.0922. The van der Waals surface area contributed by atoms with Crippen LogP contribution in [0.1, 0.15) is 32.6 Å². The Morgan fingerprint density at radius 2 is 2.12 bits per heavy atom. The van der Waals surface area contributed by atoms with E-state index in [4.69, 9.17) is 9.47 Å². The number of unbranched alkanes of at least 4 members (excludes halogenated alkanes) is 1. The maximum absolute atomic E-state index is 12.3. The maximum atomic E-state index is 12.3. The highest BCUT2D eigenvalue weighted by atomic mass is 32.2. The van der Waals surface area contributed by atoms with Gasteiger partial charge in [0.05, 0.1) is 10.6 Å². The molecule has 1 unspecified atom stereocenters. The summed E-state index contributed by atoms with van der Waals surface area (Å²) in [5.74, 6) is 0.257. The summed E-state index contributed by atoms with van der Waals surface area (Å²) in [4.78, 5) is 12.1. The third-order valence-corrected chi connectivity index (χ3v) is 5.18. The molecule has 24 heavy (non-hydrogen) atoms. The molecule has 0 saturated heterocycles. The number of carbonyl (C=O) groups is 1. The SMILES string of the molecule is CCCCC1Oc2ccc(S(=O)(=O)NCCCOC)cc2NC1=O. The van der Waals surface area contributed by atoms with Crippen LogP contribution in [0, 0.1) is 0 Å². The highest BCUT2D eigenvalue weighted by Gasteiger charge is 2.28. The predicted molar refractivity (Wildman–Crippen MR) is 90.7 cm³/mol. The van der Waals surface area contributed by atoms with E-state index in [1.807, 2.05) is 6.92 Å². The minimum Gasteiger partial charge on any atom is -0.478 e. The van der Waals surface area contributed by atoms with Crippen molar-refractivity contribution in [1.29, 1.82) is 0 Å². The Kier molecular flexibility index (Phi) is 6.59. The van der Waals surface area contributed by atoms with Gasteiger partial charge in [-0.2, -0.15) is 0 Å². The van der Waals surface area contributed by atoms with E-state index in [9.17, 15) is 13.2 Å². The zero-order valence-corrected chi connectivity index (χ0v) is 14.8. The molecule has 1 heterocycles. The number of methoxy groups -OCH3 is 1. The van der Waals surface area contributed by atoms with Crippen LogP contribution in [-0.4, -0.2) is 40.7 Å². The van der Waals surface area contributed by atoms with Crippen molar-refractivity contribution in [1.82, 2.24) is 4.72 Å². The Morgan fingerprint density at radius 3 is 2.83 bits per heavy atom. The third-order valence-electron chi connectivity index (χ3n) is 3.72. The van der Waals surface area contributed by atoms with Gasteiger partial charge in [0.15, 0.2) is 6.10 Å². The number of hydrogen-bond acceptors (Lipinski definition) is 5. The molecule has 1 atom stereocenters. The van der Waals surface area contributed by atoms with Crippen LogP contribution in [-0.2, 0) is 19.6 Å². The molecule has 8 heteroatoms. The van der Waals surface area contributed by atoms with Gasteiger partial charge in [-0.1, -0.05) is 13.3 Å². The van der Waals surface area contributed by atoms with Crippen LogP contribution in [0.5, 0.6) is 5.75 Å². The van der Waals surface area contributed by atoms with Crippen molar-refractivity contribution in [2.24, 2.45) is 0 Å². The van der Waals surface area contributed by atoms with Gasteiger partial charge in [0.2, 0.25) is 10.0 Å². The molecule has 2 N–H and O–H groups in total. The summed E-state index contributed by atoms with van der Waals surface area (Å²) in [6.07, 6.45) is 2.58. The first-order chi connectivity index (χ1) is 11.5. The number of fused-ring (bicyclic) bond motifs is 1. The number of rotatable bonds is 9. The molecular weight excluding hydrogens is 332 g/mol. The monoisotopic (exact) mass is 356 g/mol. The van der Waals surface area contributed by atoms with Crippen molar-refractivity contribution < 1.29 is 22.7 Å². The Bertz CT molecular complexity index is 675. The fraction of sp³-hybridized carbons (Fsp3) is 0.562. The second-order valence-corrected chi connectivity index (χ2v) is 7.41. The van der Waals surface area contributed by atoms with Crippen LogP contribution in [0.15, 0.2) is 23.1 Å².